The van der Waals surface area contributed by atoms with Crippen molar-refractivity contribution in [1.82, 2.24) is 4.98 Å². The molecule has 0 saturated heterocycles. The molecule has 4 heteroatoms. The van der Waals surface area contributed by atoms with E-state index in [1.165, 1.54) is 10.6 Å². The molecule has 1 aromatic carbocycles. The lowest BCUT2D eigenvalue weighted by molar-refractivity contribution is 0.296. The third-order valence-corrected chi connectivity index (χ3v) is 4.09. The predicted octanol–water partition coefficient (Wildman–Crippen LogP) is 3.48. The maximum Gasteiger partial charge on any atom is 0.131 e. The normalized spacial score (nSPS) is 10.8. The highest BCUT2D eigenvalue weighted by atomic mass is 32.1. The van der Waals surface area contributed by atoms with Crippen molar-refractivity contribution >= 4 is 11.3 Å². The Morgan fingerprint density at radius 1 is 1.30 bits per heavy atom. The van der Waals surface area contributed by atoms with Crippen molar-refractivity contribution in [2.45, 2.75) is 39.7 Å². The summed E-state index contributed by atoms with van der Waals surface area (Å²) in [6.45, 7) is 5.41. The lowest BCUT2D eigenvalue weighted by Crippen LogP contribution is -2.06. The number of hydrogen-bond acceptors (Lipinski definition) is 4. The Bertz CT molecular complexity index is 551. The van der Waals surface area contributed by atoms with Gasteiger partial charge in [-0.1, -0.05) is 25.1 Å². The third-order valence-electron chi connectivity index (χ3n) is 3.13. The maximum atomic E-state index is 5.99. The molecule has 2 rings (SSSR count). The van der Waals surface area contributed by atoms with Gasteiger partial charge < -0.3 is 10.5 Å². The van der Waals surface area contributed by atoms with Gasteiger partial charge in [-0.05, 0) is 43.9 Å². The van der Waals surface area contributed by atoms with Crippen LogP contribution in [0.15, 0.2) is 23.6 Å². The molecule has 0 spiro atoms. The van der Waals surface area contributed by atoms with Crippen molar-refractivity contribution in [2.24, 2.45) is 5.73 Å². The van der Waals surface area contributed by atoms with Crippen LogP contribution in [0.25, 0.3) is 0 Å². The van der Waals surface area contributed by atoms with Crippen molar-refractivity contribution in [1.29, 1.82) is 0 Å². The number of para-hydroxylation sites is 1. The van der Waals surface area contributed by atoms with Gasteiger partial charge in [0.25, 0.3) is 0 Å². The molecule has 108 valence electrons. The van der Waals surface area contributed by atoms with Crippen LogP contribution in [0, 0.1) is 6.92 Å². The Balaban J connectivity index is 2.05. The fourth-order valence-electron chi connectivity index (χ4n) is 2.16. The second-order valence-corrected chi connectivity index (χ2v) is 5.82. The number of thiazole rings is 1. The zero-order valence-corrected chi connectivity index (χ0v) is 13.0. The van der Waals surface area contributed by atoms with Crippen LogP contribution >= 0.6 is 11.3 Å². The van der Waals surface area contributed by atoms with E-state index in [2.05, 4.69) is 42.4 Å². The minimum Gasteiger partial charge on any atom is -0.487 e. The Kier molecular flexibility index (Phi) is 5.56. The maximum absolute atomic E-state index is 5.99. The molecule has 3 nitrogen and oxygen atoms in total. The fourth-order valence-corrected chi connectivity index (χ4v) is 3.05. The molecule has 0 atom stereocenters. The Morgan fingerprint density at radius 3 is 2.90 bits per heavy atom. The summed E-state index contributed by atoms with van der Waals surface area (Å²) in [5.41, 5.74) is 9.00. The molecule has 2 aromatic rings. The molecule has 0 aliphatic heterocycles. The van der Waals surface area contributed by atoms with Crippen LogP contribution in [0.3, 0.4) is 0 Å². The molecule has 0 saturated carbocycles. The predicted molar refractivity (Wildman–Crippen MR) is 84.4 cm³/mol. The summed E-state index contributed by atoms with van der Waals surface area (Å²) in [5, 5.41) is 3.28. The number of ether oxygens (including phenoxy) is 1. The number of nitrogens with two attached hydrogens (primary N) is 1. The van der Waals surface area contributed by atoms with Crippen LogP contribution in [0.5, 0.6) is 5.75 Å². The first-order chi connectivity index (χ1) is 9.74. The van der Waals surface area contributed by atoms with Gasteiger partial charge in [-0.2, -0.15) is 0 Å². The molecule has 0 aliphatic rings. The van der Waals surface area contributed by atoms with Crippen LogP contribution in [-0.4, -0.2) is 11.5 Å². The third kappa shape index (κ3) is 3.81. The van der Waals surface area contributed by atoms with Crippen molar-refractivity contribution in [3.8, 4) is 5.75 Å². The van der Waals surface area contributed by atoms with E-state index in [4.69, 9.17) is 10.5 Å². The molecule has 0 unspecified atom stereocenters. The molecule has 0 radical (unpaired) electrons. The summed E-state index contributed by atoms with van der Waals surface area (Å²) in [4.78, 5) is 4.59. The van der Waals surface area contributed by atoms with E-state index in [9.17, 15) is 0 Å². The number of hydrogen-bond donors (Lipinski definition) is 1. The van der Waals surface area contributed by atoms with Gasteiger partial charge in [0, 0.05) is 5.38 Å². The standard InChI is InChI=1S/C16H22N2OS/c1-3-5-15-18-14(11-20-15)10-19-16-12(2)6-4-7-13(16)8-9-17/h4,6-7,11H,3,5,8-10,17H2,1-2H3. The summed E-state index contributed by atoms with van der Waals surface area (Å²) in [7, 11) is 0. The summed E-state index contributed by atoms with van der Waals surface area (Å²) in [6, 6.07) is 6.20. The highest BCUT2D eigenvalue weighted by Gasteiger charge is 2.08. The van der Waals surface area contributed by atoms with Crippen LogP contribution in [0.2, 0.25) is 0 Å². The summed E-state index contributed by atoms with van der Waals surface area (Å²) in [6.07, 6.45) is 3.02. The molecule has 0 fully saturated rings. The molecule has 0 bridgehead atoms. The first-order valence-corrected chi connectivity index (χ1v) is 7.97. The van der Waals surface area contributed by atoms with Gasteiger partial charge in [-0.25, -0.2) is 4.98 Å². The largest absolute Gasteiger partial charge is 0.487 e. The lowest BCUT2D eigenvalue weighted by Gasteiger charge is -2.12. The van der Waals surface area contributed by atoms with Crippen molar-refractivity contribution < 1.29 is 4.74 Å². The molecule has 0 amide bonds. The second kappa shape index (κ2) is 7.41. The van der Waals surface area contributed by atoms with Crippen molar-refractivity contribution in [3.05, 3.63) is 45.4 Å². The highest BCUT2D eigenvalue weighted by molar-refractivity contribution is 7.09. The average Bonchev–Trinajstić information content (AvgIpc) is 2.87. The van der Waals surface area contributed by atoms with Gasteiger partial charge >= 0.3 is 0 Å². The van der Waals surface area contributed by atoms with Crippen LogP contribution in [0.4, 0.5) is 0 Å². The van der Waals surface area contributed by atoms with E-state index in [0.29, 0.717) is 13.2 Å². The summed E-state index contributed by atoms with van der Waals surface area (Å²) >= 11 is 1.72. The number of rotatable bonds is 7. The first kappa shape index (κ1) is 15.0. The monoisotopic (exact) mass is 290 g/mol. The lowest BCUT2D eigenvalue weighted by atomic mass is 10.1. The van der Waals surface area contributed by atoms with E-state index < -0.39 is 0 Å². The average molecular weight is 290 g/mol. The molecular weight excluding hydrogens is 268 g/mol. The quantitative estimate of drug-likeness (QED) is 0.849. The molecule has 20 heavy (non-hydrogen) atoms. The SMILES string of the molecule is CCCc1nc(COc2c(C)cccc2CCN)cs1. The van der Waals surface area contributed by atoms with E-state index in [-0.39, 0.29) is 0 Å². The second-order valence-electron chi connectivity index (χ2n) is 4.87. The summed E-state index contributed by atoms with van der Waals surface area (Å²) < 4.78 is 5.99. The van der Waals surface area contributed by atoms with E-state index in [0.717, 1.165) is 36.3 Å². The Labute approximate surface area is 124 Å². The highest BCUT2D eigenvalue weighted by Crippen LogP contribution is 2.25. The molecule has 2 N–H and O–H groups in total. The number of aromatic nitrogens is 1. The Morgan fingerprint density at radius 2 is 2.15 bits per heavy atom. The first-order valence-electron chi connectivity index (χ1n) is 7.09. The van der Waals surface area contributed by atoms with Crippen LogP contribution in [-0.2, 0) is 19.4 Å². The zero-order chi connectivity index (χ0) is 14.4. The topological polar surface area (TPSA) is 48.1 Å². The molecule has 1 heterocycles. The minimum absolute atomic E-state index is 0.530. The fraction of sp³-hybridized carbons (Fsp3) is 0.438. The van der Waals surface area contributed by atoms with Crippen molar-refractivity contribution in [2.75, 3.05) is 6.54 Å². The van der Waals surface area contributed by atoms with Gasteiger partial charge in [-0.3, -0.25) is 0 Å². The smallest absolute Gasteiger partial charge is 0.131 e. The molecule has 1 aromatic heterocycles. The van der Waals surface area contributed by atoms with Gasteiger partial charge in [0.15, 0.2) is 0 Å². The minimum atomic E-state index is 0.530. The number of nitrogens with zero attached hydrogens (tertiary/aromatic N) is 1. The molecule has 0 aliphatic carbocycles. The number of benzene rings is 1. The van der Waals surface area contributed by atoms with Crippen LogP contribution < -0.4 is 10.5 Å². The van der Waals surface area contributed by atoms with E-state index in [1.54, 1.807) is 11.3 Å². The van der Waals surface area contributed by atoms with Crippen molar-refractivity contribution in [3.63, 3.8) is 0 Å². The van der Waals surface area contributed by atoms with Crippen LogP contribution in [0.1, 0.15) is 35.2 Å². The van der Waals surface area contributed by atoms with Gasteiger partial charge in [-0.15, -0.1) is 11.3 Å². The summed E-state index contributed by atoms with van der Waals surface area (Å²) in [5.74, 6) is 0.961. The van der Waals surface area contributed by atoms with Gasteiger partial charge in [0.2, 0.25) is 0 Å². The Hall–Kier alpha value is -1.39. The number of aryl methyl sites for hydroxylation is 2. The van der Waals surface area contributed by atoms with E-state index in [1.807, 2.05) is 0 Å². The van der Waals surface area contributed by atoms with E-state index >= 15 is 0 Å². The van der Waals surface area contributed by atoms with Gasteiger partial charge in [0.05, 0.1) is 10.7 Å². The zero-order valence-electron chi connectivity index (χ0n) is 12.2. The molecular formula is C16H22N2OS. The van der Waals surface area contributed by atoms with Gasteiger partial charge in [0.1, 0.15) is 12.4 Å².